The van der Waals surface area contributed by atoms with Gasteiger partial charge in [-0.1, -0.05) is 0 Å². The Morgan fingerprint density at radius 2 is 1.67 bits per heavy atom. The third kappa shape index (κ3) is 4.86. The molecule has 1 heterocycles. The van der Waals surface area contributed by atoms with Crippen LogP contribution in [0.2, 0.25) is 0 Å². The number of hydrogen-bond acceptors (Lipinski definition) is 3. The average molecular weight is 128 g/mol. The highest BCUT2D eigenvalue weighted by Crippen LogP contribution is 1.81. The summed E-state index contributed by atoms with van der Waals surface area (Å²) in [6.07, 6.45) is 2.73. The van der Waals surface area contributed by atoms with Gasteiger partial charge < -0.3 is 10.0 Å². The molecule has 0 aliphatic carbocycles. The van der Waals surface area contributed by atoms with E-state index in [2.05, 4.69) is 9.98 Å². The molecule has 0 saturated heterocycles. The fourth-order valence-corrected chi connectivity index (χ4v) is 0.228. The highest BCUT2D eigenvalue weighted by Gasteiger charge is 1.91. The lowest BCUT2D eigenvalue weighted by Gasteiger charge is -1.62. The van der Waals surface area contributed by atoms with Gasteiger partial charge >= 0.3 is 13.7 Å². The Morgan fingerprint density at radius 1 is 1.33 bits per heavy atom. The van der Waals surface area contributed by atoms with E-state index in [1.54, 1.807) is 0 Å². The van der Waals surface area contributed by atoms with E-state index in [1.165, 1.54) is 12.4 Å². The molecule has 0 atom stereocenters. The Kier molecular flexibility index (Phi) is 4.56. The summed E-state index contributed by atoms with van der Waals surface area (Å²) in [5.41, 5.74) is 0. The number of aliphatic imine (C=N–C) groups is 2. The number of nitrogens with zero attached hydrogens (tertiary/aromatic N) is 2. The zero-order chi connectivity index (χ0) is 7.11. The fourth-order valence-electron chi connectivity index (χ4n) is 0.228. The first-order chi connectivity index (χ1) is 4.31. The smallest absolute Gasteiger partial charge is 0.430 e. The van der Waals surface area contributed by atoms with Crippen molar-refractivity contribution in [1.29, 1.82) is 0 Å². The molecule has 48 valence electrons. The standard InChI is InChI=1S/C3H2N2O.BH3O2/c6-3-4-1-2-5-3;2-1-3/h1-2H;1-3H. The summed E-state index contributed by atoms with van der Waals surface area (Å²) in [5.74, 6) is 0. The van der Waals surface area contributed by atoms with Crippen molar-refractivity contribution in [3.05, 3.63) is 0 Å². The normalized spacial score (nSPS) is 12.9. The van der Waals surface area contributed by atoms with Gasteiger partial charge in [0.2, 0.25) is 0 Å². The van der Waals surface area contributed by atoms with Crippen molar-refractivity contribution in [2.75, 3.05) is 0 Å². The van der Waals surface area contributed by atoms with E-state index in [4.69, 9.17) is 10.0 Å². The lowest BCUT2D eigenvalue weighted by atomic mass is 10.5. The van der Waals surface area contributed by atoms with Gasteiger partial charge in [-0.3, -0.25) is 0 Å². The largest absolute Gasteiger partial charge is 0.432 e. The Balaban J connectivity index is 0.000000187. The number of rotatable bonds is 0. The quantitative estimate of drug-likeness (QED) is 0.389. The van der Waals surface area contributed by atoms with Crippen LogP contribution in [0.25, 0.3) is 0 Å². The van der Waals surface area contributed by atoms with Crippen molar-refractivity contribution < 1.29 is 14.8 Å². The summed E-state index contributed by atoms with van der Waals surface area (Å²) >= 11 is 0. The molecule has 2 N–H and O–H groups in total. The molecule has 0 aromatic heterocycles. The van der Waals surface area contributed by atoms with Gasteiger partial charge in [0, 0.05) is 0 Å². The zero-order valence-corrected chi connectivity index (χ0v) is 4.56. The Bertz CT molecular complexity index is 130. The predicted octanol–water partition coefficient (Wildman–Crippen LogP) is -1.50. The van der Waals surface area contributed by atoms with Crippen molar-refractivity contribution >= 4 is 26.1 Å². The van der Waals surface area contributed by atoms with E-state index < -0.39 is 13.7 Å². The Labute approximate surface area is 52.1 Å². The van der Waals surface area contributed by atoms with Crippen molar-refractivity contribution in [1.82, 2.24) is 0 Å². The molecule has 0 radical (unpaired) electrons. The minimum Gasteiger partial charge on any atom is -0.430 e. The third-order valence-electron chi connectivity index (χ3n) is 0.437. The minimum atomic E-state index is -0.750. The molecule has 1 aliphatic rings. The summed E-state index contributed by atoms with van der Waals surface area (Å²) in [6.45, 7) is 0. The lowest BCUT2D eigenvalue weighted by Crippen LogP contribution is -1.75. The summed E-state index contributed by atoms with van der Waals surface area (Å²) in [6, 6.07) is -0.407. The third-order valence-corrected chi connectivity index (χ3v) is 0.437. The number of carbonyl (C=O) groups is 1. The van der Waals surface area contributed by atoms with E-state index in [-0.39, 0.29) is 0 Å². The van der Waals surface area contributed by atoms with Crippen molar-refractivity contribution in [3.63, 3.8) is 0 Å². The van der Waals surface area contributed by atoms with Crippen LogP contribution >= 0.6 is 0 Å². The molecule has 0 aromatic rings. The van der Waals surface area contributed by atoms with Gasteiger partial charge in [-0.25, -0.2) is 4.79 Å². The number of hydrogen-bond donors (Lipinski definition) is 2. The van der Waals surface area contributed by atoms with Crippen molar-refractivity contribution in [2.24, 2.45) is 9.98 Å². The van der Waals surface area contributed by atoms with Crippen LogP contribution in [0.1, 0.15) is 0 Å². The molecule has 0 aromatic carbocycles. The summed E-state index contributed by atoms with van der Waals surface area (Å²) in [7, 11) is -0.750. The SMILES string of the molecule is O=C1N=CC=N1.OBO. The van der Waals surface area contributed by atoms with Gasteiger partial charge in [0.15, 0.2) is 0 Å². The average Bonchev–Trinajstić information content (AvgIpc) is 2.20. The monoisotopic (exact) mass is 128 g/mol. The second-order valence-corrected chi connectivity index (χ2v) is 0.980. The Hall–Kier alpha value is -1.01. The molecular formula is C3H5BN2O3. The van der Waals surface area contributed by atoms with Crippen LogP contribution < -0.4 is 0 Å². The van der Waals surface area contributed by atoms with Gasteiger partial charge in [0.05, 0.1) is 12.4 Å². The first kappa shape index (κ1) is 7.99. The van der Waals surface area contributed by atoms with Gasteiger partial charge in [0.25, 0.3) is 0 Å². The highest BCUT2D eigenvalue weighted by molar-refractivity contribution is 6.25. The molecule has 5 nitrogen and oxygen atoms in total. The van der Waals surface area contributed by atoms with Crippen molar-refractivity contribution in [3.8, 4) is 0 Å². The predicted molar refractivity (Wildman–Crippen MR) is 34.0 cm³/mol. The topological polar surface area (TPSA) is 82.2 Å². The molecule has 6 heteroatoms. The van der Waals surface area contributed by atoms with Crippen molar-refractivity contribution in [2.45, 2.75) is 0 Å². The second kappa shape index (κ2) is 5.14. The molecule has 1 rings (SSSR count). The van der Waals surface area contributed by atoms with Crippen LogP contribution in [0.5, 0.6) is 0 Å². The maximum absolute atomic E-state index is 9.85. The molecule has 9 heavy (non-hydrogen) atoms. The highest BCUT2D eigenvalue weighted by atomic mass is 16.4. The van der Waals surface area contributed by atoms with E-state index in [0.29, 0.717) is 0 Å². The summed E-state index contributed by atoms with van der Waals surface area (Å²) in [4.78, 5) is 16.3. The van der Waals surface area contributed by atoms with E-state index >= 15 is 0 Å². The van der Waals surface area contributed by atoms with Crippen LogP contribution in [-0.2, 0) is 0 Å². The lowest BCUT2D eigenvalue weighted by molar-refractivity contribution is 0.257. The molecule has 1 aliphatic heterocycles. The van der Waals surface area contributed by atoms with E-state index in [1.807, 2.05) is 0 Å². The summed E-state index contributed by atoms with van der Waals surface area (Å²) < 4.78 is 0. The van der Waals surface area contributed by atoms with E-state index in [0.717, 1.165) is 0 Å². The first-order valence-corrected chi connectivity index (χ1v) is 2.13. The molecule has 2 amide bonds. The van der Waals surface area contributed by atoms with Crippen LogP contribution in [-0.4, -0.2) is 36.2 Å². The Morgan fingerprint density at radius 3 is 1.78 bits per heavy atom. The number of amides is 2. The minimum absolute atomic E-state index is 0.407. The van der Waals surface area contributed by atoms with Crippen LogP contribution in [0, 0.1) is 0 Å². The number of carbonyl (C=O) groups excluding carboxylic acids is 1. The molecule has 0 spiro atoms. The first-order valence-electron chi connectivity index (χ1n) is 2.13. The molecular weight excluding hydrogens is 123 g/mol. The molecule has 0 unspecified atom stereocenters. The molecule has 0 fully saturated rings. The van der Waals surface area contributed by atoms with Gasteiger partial charge in [-0.05, 0) is 0 Å². The zero-order valence-electron chi connectivity index (χ0n) is 4.56. The van der Waals surface area contributed by atoms with Gasteiger partial charge in [0.1, 0.15) is 0 Å². The maximum atomic E-state index is 9.85. The van der Waals surface area contributed by atoms with Crippen LogP contribution in [0.15, 0.2) is 9.98 Å². The summed E-state index contributed by atoms with van der Waals surface area (Å²) in [5, 5.41) is 14.2. The molecule has 0 bridgehead atoms. The van der Waals surface area contributed by atoms with Gasteiger partial charge in [-0.2, -0.15) is 9.98 Å². The number of urea groups is 1. The van der Waals surface area contributed by atoms with E-state index in [9.17, 15) is 4.79 Å². The molecule has 0 saturated carbocycles. The van der Waals surface area contributed by atoms with Crippen LogP contribution in [0.3, 0.4) is 0 Å². The maximum Gasteiger partial charge on any atom is 0.432 e. The van der Waals surface area contributed by atoms with Crippen LogP contribution in [0.4, 0.5) is 4.79 Å². The van der Waals surface area contributed by atoms with Gasteiger partial charge in [-0.15, -0.1) is 0 Å². The fraction of sp³-hybridized carbons (Fsp3) is 0. The second-order valence-electron chi connectivity index (χ2n) is 0.980.